The maximum absolute atomic E-state index is 14.0. The number of aromatic hydroxyl groups is 1. The molecule has 0 fully saturated rings. The lowest BCUT2D eigenvalue weighted by Gasteiger charge is -2.03. The van der Waals surface area contributed by atoms with Crippen LogP contribution >= 0.6 is 22.7 Å². The molecule has 0 unspecified atom stereocenters. The van der Waals surface area contributed by atoms with Gasteiger partial charge in [0.1, 0.15) is 16.6 Å². The van der Waals surface area contributed by atoms with Gasteiger partial charge in [0.05, 0.1) is 28.4 Å². The number of carbonyl (C=O) groups is 1. The van der Waals surface area contributed by atoms with E-state index in [4.69, 9.17) is 14.9 Å². The number of phenols is 1. The van der Waals surface area contributed by atoms with Crippen molar-refractivity contribution in [3.8, 4) is 26.9 Å². The molecule has 0 amide bonds. The third kappa shape index (κ3) is 3.94. The zero-order chi connectivity index (χ0) is 19.7. The number of hydrogen-bond donors (Lipinski definition) is 2. The number of aromatic nitrogens is 2. The van der Waals surface area contributed by atoms with Gasteiger partial charge in [-0.3, -0.25) is 0 Å². The standard InChI is InChI=1S/C16H11F3N2O4S2/c1-6-15(27-10(20-6)3-25-4-11(22)23)9-5-26-16(21-9)7-2-8(17)14(24)13(19)12(7)18/h2,5,24H,3-4H2,1H3,(H,22,23). The summed E-state index contributed by atoms with van der Waals surface area (Å²) in [6, 6.07) is 0.682. The summed E-state index contributed by atoms with van der Waals surface area (Å²) in [5.74, 6) is -6.82. The van der Waals surface area contributed by atoms with Crippen LogP contribution in [0, 0.1) is 24.4 Å². The Hall–Kier alpha value is -2.50. The molecule has 142 valence electrons. The molecule has 2 N–H and O–H groups in total. The van der Waals surface area contributed by atoms with Crippen LogP contribution in [-0.2, 0) is 16.1 Å². The van der Waals surface area contributed by atoms with Crippen LogP contribution in [0.3, 0.4) is 0 Å². The molecular formula is C16H11F3N2O4S2. The summed E-state index contributed by atoms with van der Waals surface area (Å²) in [5, 5.41) is 19.8. The smallest absolute Gasteiger partial charge is 0.329 e. The SMILES string of the molecule is Cc1nc(COCC(=O)O)sc1-c1csc(-c2cc(F)c(O)c(F)c2F)n1. The number of phenolic OH excluding ortho intramolecular Hbond substituents is 1. The molecule has 0 saturated heterocycles. The molecule has 2 aromatic heterocycles. The Balaban J connectivity index is 1.89. The van der Waals surface area contributed by atoms with Gasteiger partial charge in [0, 0.05) is 5.38 Å². The van der Waals surface area contributed by atoms with E-state index in [1.54, 1.807) is 12.3 Å². The first-order valence-electron chi connectivity index (χ1n) is 7.36. The van der Waals surface area contributed by atoms with E-state index in [1.165, 1.54) is 11.3 Å². The Kier molecular flexibility index (Phi) is 5.44. The second kappa shape index (κ2) is 7.62. The van der Waals surface area contributed by atoms with E-state index in [1.807, 2.05) is 0 Å². The molecule has 27 heavy (non-hydrogen) atoms. The quantitative estimate of drug-likeness (QED) is 0.591. The van der Waals surface area contributed by atoms with E-state index in [0.717, 1.165) is 11.3 Å². The second-order valence-corrected chi connectivity index (χ2v) is 7.27. The fraction of sp³-hybridized carbons (Fsp3) is 0.188. The number of halogens is 3. The predicted octanol–water partition coefficient (Wildman–Crippen LogP) is 3.97. The van der Waals surface area contributed by atoms with Crippen molar-refractivity contribution in [1.82, 2.24) is 9.97 Å². The molecule has 0 spiro atoms. The summed E-state index contributed by atoms with van der Waals surface area (Å²) in [6.45, 7) is 1.27. The zero-order valence-electron chi connectivity index (χ0n) is 13.6. The van der Waals surface area contributed by atoms with Crippen LogP contribution in [0.1, 0.15) is 10.7 Å². The highest BCUT2D eigenvalue weighted by molar-refractivity contribution is 7.16. The summed E-state index contributed by atoms with van der Waals surface area (Å²) in [7, 11) is 0. The van der Waals surface area contributed by atoms with Crippen molar-refractivity contribution < 1.29 is 32.9 Å². The number of ether oxygens (including phenoxy) is 1. The van der Waals surface area contributed by atoms with Gasteiger partial charge in [0.15, 0.2) is 17.4 Å². The molecule has 0 saturated carbocycles. The van der Waals surface area contributed by atoms with E-state index in [2.05, 4.69) is 9.97 Å². The number of aliphatic carboxylic acids is 1. The van der Waals surface area contributed by atoms with Crippen LogP contribution in [0.4, 0.5) is 13.2 Å². The lowest BCUT2D eigenvalue weighted by molar-refractivity contribution is -0.142. The number of hydrogen-bond acceptors (Lipinski definition) is 7. The van der Waals surface area contributed by atoms with Gasteiger partial charge < -0.3 is 14.9 Å². The molecule has 0 bridgehead atoms. The van der Waals surface area contributed by atoms with Gasteiger partial charge in [0.25, 0.3) is 0 Å². The average molecular weight is 416 g/mol. The Labute approximate surface area is 158 Å². The first-order valence-corrected chi connectivity index (χ1v) is 9.06. The van der Waals surface area contributed by atoms with Crippen molar-refractivity contribution in [2.45, 2.75) is 13.5 Å². The van der Waals surface area contributed by atoms with Crippen molar-refractivity contribution in [2.75, 3.05) is 6.61 Å². The highest BCUT2D eigenvalue weighted by Gasteiger charge is 2.22. The third-order valence-electron chi connectivity index (χ3n) is 3.39. The topological polar surface area (TPSA) is 92.5 Å². The maximum Gasteiger partial charge on any atom is 0.329 e. The summed E-state index contributed by atoms with van der Waals surface area (Å²) < 4.78 is 46.1. The van der Waals surface area contributed by atoms with Crippen LogP contribution < -0.4 is 0 Å². The molecule has 0 atom stereocenters. The molecule has 3 aromatic rings. The van der Waals surface area contributed by atoms with Gasteiger partial charge in [-0.15, -0.1) is 22.7 Å². The zero-order valence-corrected chi connectivity index (χ0v) is 15.3. The number of thiazole rings is 2. The minimum absolute atomic E-state index is 0.0117. The molecule has 3 rings (SSSR count). The molecule has 0 aliphatic rings. The third-order valence-corrected chi connectivity index (χ3v) is 5.42. The van der Waals surface area contributed by atoms with Crippen molar-refractivity contribution >= 4 is 28.6 Å². The van der Waals surface area contributed by atoms with E-state index in [-0.39, 0.29) is 11.6 Å². The number of aryl methyl sites for hydroxylation is 1. The highest BCUT2D eigenvalue weighted by atomic mass is 32.1. The van der Waals surface area contributed by atoms with Crippen LogP contribution in [0.15, 0.2) is 11.4 Å². The van der Waals surface area contributed by atoms with E-state index in [0.29, 0.717) is 27.3 Å². The Bertz CT molecular complexity index is 1020. The molecule has 1 aromatic carbocycles. The lowest BCUT2D eigenvalue weighted by atomic mass is 10.2. The Morgan fingerprint density at radius 3 is 2.70 bits per heavy atom. The van der Waals surface area contributed by atoms with Gasteiger partial charge >= 0.3 is 5.97 Å². The fourth-order valence-electron chi connectivity index (χ4n) is 2.22. The summed E-state index contributed by atoms with van der Waals surface area (Å²) in [5.41, 5.74) is 0.642. The molecule has 11 heteroatoms. The van der Waals surface area contributed by atoms with Gasteiger partial charge in [-0.2, -0.15) is 4.39 Å². The van der Waals surface area contributed by atoms with Crippen molar-refractivity contribution in [2.24, 2.45) is 0 Å². The minimum Gasteiger partial charge on any atom is -0.503 e. The molecule has 0 aliphatic carbocycles. The van der Waals surface area contributed by atoms with E-state index < -0.39 is 41.3 Å². The van der Waals surface area contributed by atoms with Crippen molar-refractivity contribution in [3.05, 3.63) is 39.6 Å². The van der Waals surface area contributed by atoms with Gasteiger partial charge in [-0.1, -0.05) is 0 Å². The lowest BCUT2D eigenvalue weighted by Crippen LogP contribution is -2.06. The first kappa shape index (κ1) is 19.3. The average Bonchev–Trinajstić information content (AvgIpc) is 3.22. The largest absolute Gasteiger partial charge is 0.503 e. The predicted molar refractivity (Wildman–Crippen MR) is 92.2 cm³/mol. The maximum atomic E-state index is 14.0. The number of carboxylic acid groups (broad SMARTS) is 1. The van der Waals surface area contributed by atoms with Crippen molar-refractivity contribution in [1.29, 1.82) is 0 Å². The number of benzene rings is 1. The normalized spacial score (nSPS) is 11.1. The molecular weight excluding hydrogens is 405 g/mol. The van der Waals surface area contributed by atoms with Gasteiger partial charge in [-0.05, 0) is 13.0 Å². The molecule has 6 nitrogen and oxygen atoms in total. The summed E-state index contributed by atoms with van der Waals surface area (Å²) in [4.78, 5) is 19.6. The Morgan fingerprint density at radius 2 is 2.00 bits per heavy atom. The van der Waals surface area contributed by atoms with E-state index >= 15 is 0 Å². The number of nitrogens with zero attached hydrogens (tertiary/aromatic N) is 2. The number of carboxylic acids is 1. The molecule has 0 radical (unpaired) electrons. The van der Waals surface area contributed by atoms with E-state index in [9.17, 15) is 18.0 Å². The van der Waals surface area contributed by atoms with Crippen LogP contribution in [-0.4, -0.2) is 32.8 Å². The number of rotatable bonds is 6. The highest BCUT2D eigenvalue weighted by Crippen LogP contribution is 2.37. The summed E-state index contributed by atoms with van der Waals surface area (Å²) in [6.07, 6.45) is 0. The van der Waals surface area contributed by atoms with Crippen LogP contribution in [0.5, 0.6) is 5.75 Å². The van der Waals surface area contributed by atoms with Crippen molar-refractivity contribution in [3.63, 3.8) is 0 Å². The van der Waals surface area contributed by atoms with Crippen LogP contribution in [0.25, 0.3) is 21.1 Å². The van der Waals surface area contributed by atoms with Gasteiger partial charge in [0.2, 0.25) is 5.82 Å². The van der Waals surface area contributed by atoms with Gasteiger partial charge in [-0.25, -0.2) is 23.5 Å². The summed E-state index contributed by atoms with van der Waals surface area (Å²) >= 11 is 2.20. The molecule has 2 heterocycles. The minimum atomic E-state index is -1.67. The van der Waals surface area contributed by atoms with Crippen LogP contribution in [0.2, 0.25) is 0 Å². The first-order chi connectivity index (χ1) is 12.8. The Morgan fingerprint density at radius 1 is 1.26 bits per heavy atom. The molecule has 0 aliphatic heterocycles. The second-order valence-electron chi connectivity index (χ2n) is 5.33. The fourth-order valence-corrected chi connectivity index (χ4v) is 4.08. The monoisotopic (exact) mass is 416 g/mol.